The van der Waals surface area contributed by atoms with Gasteiger partial charge < -0.3 is 10.1 Å². The lowest BCUT2D eigenvalue weighted by Gasteiger charge is -2.08. The van der Waals surface area contributed by atoms with Crippen LogP contribution in [0, 0.1) is 6.92 Å². The Hall–Kier alpha value is -3.15. The summed E-state index contributed by atoms with van der Waals surface area (Å²) in [6.07, 6.45) is 3.33. The quantitative estimate of drug-likeness (QED) is 0.803. The average Bonchev–Trinajstić information content (AvgIpc) is 2.89. The van der Waals surface area contributed by atoms with E-state index >= 15 is 0 Å². The van der Waals surface area contributed by atoms with Gasteiger partial charge in [-0.2, -0.15) is 5.10 Å². The summed E-state index contributed by atoms with van der Waals surface area (Å²) in [5.74, 6) is 1.14. The second kappa shape index (κ2) is 6.31. The number of anilines is 1. The van der Waals surface area contributed by atoms with E-state index in [0.29, 0.717) is 22.9 Å². The summed E-state index contributed by atoms with van der Waals surface area (Å²) in [5, 5.41) is 7.00. The number of carbonyl (C=O) groups excluding carboxylic acids is 1. The van der Waals surface area contributed by atoms with Crippen LogP contribution < -0.4 is 10.1 Å². The highest BCUT2D eigenvalue weighted by atomic mass is 16.5. The lowest BCUT2D eigenvalue weighted by atomic mass is 10.3. The maximum absolute atomic E-state index is 12.2. The van der Waals surface area contributed by atoms with E-state index in [-0.39, 0.29) is 5.91 Å². The first-order valence-electron chi connectivity index (χ1n) is 7.12. The summed E-state index contributed by atoms with van der Waals surface area (Å²) in [4.78, 5) is 16.2. The molecule has 0 radical (unpaired) electrons. The van der Waals surface area contributed by atoms with Gasteiger partial charge in [0.2, 0.25) is 0 Å². The maximum Gasteiger partial charge on any atom is 0.273 e. The predicted octanol–water partition coefficient (Wildman–Crippen LogP) is 3.17. The van der Waals surface area contributed by atoms with E-state index < -0.39 is 0 Å². The number of hydrogen-bond donors (Lipinski definition) is 1. The van der Waals surface area contributed by atoms with Gasteiger partial charge in [-0.25, -0.2) is 0 Å². The van der Waals surface area contributed by atoms with Gasteiger partial charge >= 0.3 is 0 Å². The number of carbonyl (C=O) groups is 1. The van der Waals surface area contributed by atoms with Crippen molar-refractivity contribution in [1.82, 2.24) is 14.8 Å². The van der Waals surface area contributed by atoms with Crippen LogP contribution in [-0.4, -0.2) is 20.7 Å². The predicted molar refractivity (Wildman–Crippen MR) is 86.7 cm³/mol. The molecule has 6 heteroatoms. The number of rotatable bonds is 4. The molecule has 3 aromatic rings. The Bertz CT molecular complexity index is 810. The number of ether oxygens (including phenoxy) is 1. The highest BCUT2D eigenvalue weighted by Crippen LogP contribution is 2.22. The van der Waals surface area contributed by atoms with Crippen molar-refractivity contribution in [3.05, 3.63) is 66.2 Å². The van der Waals surface area contributed by atoms with E-state index in [1.807, 2.05) is 13.0 Å². The SMILES string of the molecule is Cc1cc(C(=O)Nc2ccc(Oc3cccnc3)cc2)n(C)n1. The molecule has 0 fully saturated rings. The van der Waals surface area contributed by atoms with E-state index in [4.69, 9.17) is 4.74 Å². The molecule has 1 aromatic carbocycles. The monoisotopic (exact) mass is 308 g/mol. The molecule has 0 spiro atoms. The number of nitrogens with one attached hydrogen (secondary N) is 1. The summed E-state index contributed by atoms with van der Waals surface area (Å²) < 4.78 is 7.22. The van der Waals surface area contributed by atoms with Gasteiger partial charge in [0.25, 0.3) is 5.91 Å². The van der Waals surface area contributed by atoms with Gasteiger partial charge in [-0.1, -0.05) is 0 Å². The summed E-state index contributed by atoms with van der Waals surface area (Å²) >= 11 is 0. The number of benzene rings is 1. The third-order valence-electron chi connectivity index (χ3n) is 3.22. The molecule has 2 heterocycles. The Balaban J connectivity index is 1.68. The molecule has 23 heavy (non-hydrogen) atoms. The van der Waals surface area contributed by atoms with Crippen molar-refractivity contribution in [2.45, 2.75) is 6.92 Å². The van der Waals surface area contributed by atoms with E-state index in [2.05, 4.69) is 15.4 Å². The van der Waals surface area contributed by atoms with Gasteiger partial charge in [0.15, 0.2) is 0 Å². The van der Waals surface area contributed by atoms with Crippen molar-refractivity contribution >= 4 is 11.6 Å². The molecule has 0 saturated carbocycles. The average molecular weight is 308 g/mol. The zero-order chi connectivity index (χ0) is 16.2. The molecule has 0 aliphatic carbocycles. The fraction of sp³-hybridized carbons (Fsp3) is 0.118. The van der Waals surface area contributed by atoms with Gasteiger partial charge in [0.1, 0.15) is 17.2 Å². The Morgan fingerprint density at radius 1 is 1.17 bits per heavy atom. The first-order chi connectivity index (χ1) is 11.1. The van der Waals surface area contributed by atoms with Crippen LogP contribution in [0.3, 0.4) is 0 Å². The Labute approximate surface area is 133 Å². The first-order valence-corrected chi connectivity index (χ1v) is 7.12. The van der Waals surface area contributed by atoms with Crippen LogP contribution in [-0.2, 0) is 7.05 Å². The minimum Gasteiger partial charge on any atom is -0.456 e. The zero-order valence-corrected chi connectivity index (χ0v) is 12.9. The smallest absolute Gasteiger partial charge is 0.273 e. The Kier molecular flexibility index (Phi) is 4.05. The third-order valence-corrected chi connectivity index (χ3v) is 3.22. The van der Waals surface area contributed by atoms with Crippen molar-refractivity contribution in [2.24, 2.45) is 7.05 Å². The fourth-order valence-electron chi connectivity index (χ4n) is 2.17. The van der Waals surface area contributed by atoms with Gasteiger partial charge in [-0.05, 0) is 49.4 Å². The largest absolute Gasteiger partial charge is 0.456 e. The van der Waals surface area contributed by atoms with Crippen molar-refractivity contribution in [3.8, 4) is 11.5 Å². The van der Waals surface area contributed by atoms with Crippen molar-refractivity contribution < 1.29 is 9.53 Å². The van der Waals surface area contributed by atoms with Crippen LogP contribution in [0.4, 0.5) is 5.69 Å². The standard InChI is InChI=1S/C17H16N4O2/c1-12-10-16(21(2)20-12)17(22)19-13-5-7-14(8-6-13)23-15-4-3-9-18-11-15/h3-11H,1-2H3,(H,19,22). The van der Waals surface area contributed by atoms with Crippen LogP contribution in [0.15, 0.2) is 54.9 Å². The van der Waals surface area contributed by atoms with E-state index in [1.54, 1.807) is 60.5 Å². The number of pyridine rings is 1. The molecule has 1 N–H and O–H groups in total. The molecule has 2 aromatic heterocycles. The van der Waals surface area contributed by atoms with Gasteiger partial charge in [0, 0.05) is 18.9 Å². The normalized spacial score (nSPS) is 10.3. The molecule has 0 aliphatic rings. The number of hydrogen-bond acceptors (Lipinski definition) is 4. The fourth-order valence-corrected chi connectivity index (χ4v) is 2.17. The molecule has 0 unspecified atom stereocenters. The number of amides is 1. The number of aryl methyl sites for hydroxylation is 2. The Morgan fingerprint density at radius 2 is 1.96 bits per heavy atom. The van der Waals surface area contributed by atoms with Crippen molar-refractivity contribution in [3.63, 3.8) is 0 Å². The number of aromatic nitrogens is 3. The van der Waals surface area contributed by atoms with Gasteiger partial charge in [-0.3, -0.25) is 14.5 Å². The molecule has 0 atom stereocenters. The molecule has 0 bridgehead atoms. The Morgan fingerprint density at radius 3 is 2.57 bits per heavy atom. The molecular weight excluding hydrogens is 292 g/mol. The first kappa shape index (κ1) is 14.8. The van der Waals surface area contributed by atoms with Crippen LogP contribution in [0.5, 0.6) is 11.5 Å². The highest BCUT2D eigenvalue weighted by molar-refractivity contribution is 6.03. The highest BCUT2D eigenvalue weighted by Gasteiger charge is 2.11. The molecule has 0 saturated heterocycles. The van der Waals surface area contributed by atoms with E-state index in [1.165, 1.54) is 0 Å². The molecule has 3 rings (SSSR count). The lowest BCUT2D eigenvalue weighted by Crippen LogP contribution is -2.15. The second-order valence-corrected chi connectivity index (χ2v) is 5.06. The second-order valence-electron chi connectivity index (χ2n) is 5.06. The van der Waals surface area contributed by atoms with Crippen LogP contribution in [0.2, 0.25) is 0 Å². The number of nitrogens with zero attached hydrogens (tertiary/aromatic N) is 3. The summed E-state index contributed by atoms with van der Waals surface area (Å²) in [7, 11) is 1.74. The van der Waals surface area contributed by atoms with Crippen LogP contribution in [0.25, 0.3) is 0 Å². The van der Waals surface area contributed by atoms with Crippen molar-refractivity contribution in [2.75, 3.05) is 5.32 Å². The summed E-state index contributed by atoms with van der Waals surface area (Å²) in [5.41, 5.74) is 2.00. The lowest BCUT2D eigenvalue weighted by molar-refractivity contribution is 0.101. The molecular formula is C17H16N4O2. The maximum atomic E-state index is 12.2. The summed E-state index contributed by atoms with van der Waals surface area (Å²) in [6, 6.07) is 12.5. The van der Waals surface area contributed by atoms with Gasteiger partial charge in [-0.15, -0.1) is 0 Å². The zero-order valence-electron chi connectivity index (χ0n) is 12.9. The van der Waals surface area contributed by atoms with Crippen LogP contribution in [0.1, 0.15) is 16.2 Å². The van der Waals surface area contributed by atoms with E-state index in [0.717, 1.165) is 5.69 Å². The third kappa shape index (κ3) is 3.55. The molecule has 0 aliphatic heterocycles. The van der Waals surface area contributed by atoms with Gasteiger partial charge in [0.05, 0.1) is 11.9 Å². The van der Waals surface area contributed by atoms with E-state index in [9.17, 15) is 4.79 Å². The molecule has 116 valence electrons. The molecule has 6 nitrogen and oxygen atoms in total. The van der Waals surface area contributed by atoms with Crippen LogP contribution >= 0.6 is 0 Å². The minimum atomic E-state index is -0.200. The van der Waals surface area contributed by atoms with Crippen molar-refractivity contribution in [1.29, 1.82) is 0 Å². The topological polar surface area (TPSA) is 69.0 Å². The molecule has 1 amide bonds. The minimum absolute atomic E-state index is 0.200. The summed E-state index contributed by atoms with van der Waals surface area (Å²) in [6.45, 7) is 1.85.